The lowest BCUT2D eigenvalue weighted by Crippen LogP contribution is -2.50. The van der Waals surface area contributed by atoms with Crippen LogP contribution in [0.4, 0.5) is 18.9 Å². The molecular formula is C26H22Cl2F3N3O3. The Kier molecular flexibility index (Phi) is 8.26. The van der Waals surface area contributed by atoms with Crippen LogP contribution >= 0.6 is 23.2 Å². The smallest absolute Gasteiger partial charge is 0.252 e. The van der Waals surface area contributed by atoms with E-state index in [1.54, 1.807) is 6.07 Å². The van der Waals surface area contributed by atoms with Crippen LogP contribution in [0.15, 0.2) is 54.6 Å². The molecule has 0 radical (unpaired) electrons. The lowest BCUT2D eigenvalue weighted by Gasteiger charge is -2.28. The van der Waals surface area contributed by atoms with Crippen LogP contribution in [-0.2, 0) is 11.2 Å². The Balaban J connectivity index is 1.55. The van der Waals surface area contributed by atoms with Crippen molar-refractivity contribution in [1.82, 2.24) is 10.6 Å². The van der Waals surface area contributed by atoms with E-state index in [0.717, 1.165) is 23.4 Å². The second-order valence-electron chi connectivity index (χ2n) is 8.56. The topological polar surface area (TPSA) is 81.7 Å². The fraction of sp³-hybridized carbons (Fsp3) is 0.231. The molecule has 0 spiro atoms. The van der Waals surface area contributed by atoms with Gasteiger partial charge in [-0.25, -0.2) is 13.2 Å². The third kappa shape index (κ3) is 6.18. The first-order valence-electron chi connectivity index (χ1n) is 11.3. The zero-order valence-corrected chi connectivity index (χ0v) is 20.8. The quantitative estimate of drug-likeness (QED) is 0.387. The highest BCUT2D eigenvalue weighted by atomic mass is 35.5. The Morgan fingerprint density at radius 1 is 0.973 bits per heavy atom. The summed E-state index contributed by atoms with van der Waals surface area (Å²) in [5.74, 6) is -4.22. The van der Waals surface area contributed by atoms with Crippen molar-refractivity contribution in [2.75, 3.05) is 24.6 Å². The average molecular weight is 552 g/mol. The molecule has 11 heteroatoms. The monoisotopic (exact) mass is 551 g/mol. The maximum Gasteiger partial charge on any atom is 0.252 e. The summed E-state index contributed by atoms with van der Waals surface area (Å²) in [6, 6.07) is 9.27. The molecule has 37 heavy (non-hydrogen) atoms. The lowest BCUT2D eigenvalue weighted by molar-refractivity contribution is -0.124. The summed E-state index contributed by atoms with van der Waals surface area (Å²) in [6.07, 6.45) is 0.618. The zero-order chi connectivity index (χ0) is 26.7. The number of halogens is 5. The Labute approximate surface area is 221 Å². The van der Waals surface area contributed by atoms with Crippen molar-refractivity contribution in [3.63, 3.8) is 0 Å². The molecule has 0 saturated carbocycles. The van der Waals surface area contributed by atoms with Gasteiger partial charge in [0.2, 0.25) is 5.91 Å². The number of carbonyl (C=O) groups is 2. The van der Waals surface area contributed by atoms with Crippen molar-refractivity contribution < 1.29 is 27.9 Å². The third-order valence-electron chi connectivity index (χ3n) is 6.03. The Morgan fingerprint density at radius 2 is 1.76 bits per heavy atom. The SMILES string of the molecule is O=C(N[C@@H](C(=O)N[C@@H](CO)CN1CCc2cc(F)ccc21)c1ccc(Cl)cc1Cl)c1ccc(F)c(F)c1. The minimum absolute atomic E-state index is 0.0919. The van der Waals surface area contributed by atoms with Crippen molar-refractivity contribution in [3.05, 3.63) is 98.8 Å². The average Bonchev–Trinajstić information content (AvgIpc) is 3.25. The Morgan fingerprint density at radius 3 is 2.46 bits per heavy atom. The van der Waals surface area contributed by atoms with Crippen LogP contribution < -0.4 is 15.5 Å². The van der Waals surface area contributed by atoms with Gasteiger partial charge in [-0.3, -0.25) is 9.59 Å². The third-order valence-corrected chi connectivity index (χ3v) is 6.60. The van der Waals surface area contributed by atoms with E-state index in [0.29, 0.717) is 24.1 Å². The van der Waals surface area contributed by atoms with Gasteiger partial charge in [0, 0.05) is 39.9 Å². The van der Waals surface area contributed by atoms with E-state index < -0.39 is 42.1 Å². The molecule has 1 aliphatic heterocycles. The molecule has 3 aromatic carbocycles. The van der Waals surface area contributed by atoms with Gasteiger partial charge in [-0.1, -0.05) is 29.3 Å². The van der Waals surface area contributed by atoms with E-state index in [9.17, 15) is 27.9 Å². The van der Waals surface area contributed by atoms with E-state index in [1.807, 2.05) is 4.90 Å². The molecule has 0 aliphatic carbocycles. The van der Waals surface area contributed by atoms with Crippen LogP contribution in [-0.4, -0.2) is 42.7 Å². The number of aliphatic hydroxyl groups excluding tert-OH is 1. The predicted molar refractivity (Wildman–Crippen MR) is 134 cm³/mol. The number of carbonyl (C=O) groups excluding carboxylic acids is 2. The molecule has 1 aliphatic rings. The van der Waals surface area contributed by atoms with Crippen molar-refractivity contribution in [1.29, 1.82) is 0 Å². The lowest BCUT2D eigenvalue weighted by atomic mass is 10.0. The van der Waals surface area contributed by atoms with Gasteiger partial charge in [-0.15, -0.1) is 0 Å². The molecule has 4 rings (SSSR count). The number of hydrogen-bond donors (Lipinski definition) is 3. The molecule has 0 fully saturated rings. The fourth-order valence-corrected chi connectivity index (χ4v) is 4.72. The van der Waals surface area contributed by atoms with Gasteiger partial charge >= 0.3 is 0 Å². The first-order chi connectivity index (χ1) is 17.7. The molecule has 0 bridgehead atoms. The van der Waals surface area contributed by atoms with Gasteiger partial charge < -0.3 is 20.6 Å². The van der Waals surface area contributed by atoms with Gasteiger partial charge in [-0.2, -0.15) is 0 Å². The summed E-state index contributed by atoms with van der Waals surface area (Å²) < 4.78 is 40.6. The number of nitrogens with zero attached hydrogens (tertiary/aromatic N) is 1. The summed E-state index contributed by atoms with van der Waals surface area (Å²) in [4.78, 5) is 28.1. The normalized spacial score (nSPS) is 14.2. The van der Waals surface area contributed by atoms with Crippen LogP contribution in [0.1, 0.15) is 27.5 Å². The molecule has 3 aromatic rings. The molecule has 2 atom stereocenters. The fourth-order valence-electron chi connectivity index (χ4n) is 4.20. The summed E-state index contributed by atoms with van der Waals surface area (Å²) in [7, 11) is 0. The number of amides is 2. The highest BCUT2D eigenvalue weighted by molar-refractivity contribution is 6.35. The summed E-state index contributed by atoms with van der Waals surface area (Å²) in [5, 5.41) is 15.6. The highest BCUT2D eigenvalue weighted by Crippen LogP contribution is 2.29. The number of fused-ring (bicyclic) bond motifs is 1. The van der Waals surface area contributed by atoms with E-state index in [-0.39, 0.29) is 28.5 Å². The molecule has 194 valence electrons. The summed E-state index contributed by atoms with van der Waals surface area (Å²) in [5.41, 5.74) is 1.63. The molecule has 6 nitrogen and oxygen atoms in total. The van der Waals surface area contributed by atoms with E-state index in [4.69, 9.17) is 23.2 Å². The van der Waals surface area contributed by atoms with Gasteiger partial charge in [0.25, 0.3) is 5.91 Å². The molecule has 2 amide bonds. The van der Waals surface area contributed by atoms with Crippen molar-refractivity contribution >= 4 is 40.7 Å². The number of hydrogen-bond acceptors (Lipinski definition) is 4. The molecule has 0 unspecified atom stereocenters. The number of aliphatic hydroxyl groups is 1. The van der Waals surface area contributed by atoms with Gasteiger partial charge in [0.1, 0.15) is 11.9 Å². The summed E-state index contributed by atoms with van der Waals surface area (Å²) in [6.45, 7) is 0.375. The van der Waals surface area contributed by atoms with E-state index in [1.165, 1.54) is 30.3 Å². The maximum atomic E-state index is 13.7. The molecular weight excluding hydrogens is 530 g/mol. The van der Waals surface area contributed by atoms with Gasteiger partial charge in [0.05, 0.1) is 12.6 Å². The largest absolute Gasteiger partial charge is 0.394 e. The summed E-state index contributed by atoms with van der Waals surface area (Å²) >= 11 is 12.3. The van der Waals surface area contributed by atoms with Crippen molar-refractivity contribution in [2.45, 2.75) is 18.5 Å². The number of benzene rings is 3. The minimum Gasteiger partial charge on any atom is -0.394 e. The van der Waals surface area contributed by atoms with Crippen molar-refractivity contribution in [3.8, 4) is 0 Å². The van der Waals surface area contributed by atoms with Crippen LogP contribution in [0.25, 0.3) is 0 Å². The molecule has 1 heterocycles. The standard InChI is InChI=1S/C26H22Cl2F3N3O3/c27-16-2-4-19(20(28)11-16)24(33-25(36)15-1-5-21(30)22(31)10-15)26(37)32-18(13-35)12-34-8-7-14-9-17(29)3-6-23(14)34/h1-6,9-11,18,24,35H,7-8,12-13H2,(H,32,37)(H,33,36)/t18-,24-/m1/s1. The number of nitrogens with one attached hydrogen (secondary N) is 2. The van der Waals surface area contributed by atoms with Gasteiger partial charge in [0.15, 0.2) is 11.6 Å². The van der Waals surface area contributed by atoms with Gasteiger partial charge in [-0.05, 0) is 60.5 Å². The van der Waals surface area contributed by atoms with E-state index >= 15 is 0 Å². The number of rotatable bonds is 8. The predicted octanol–water partition coefficient (Wildman–Crippen LogP) is 4.42. The first kappa shape index (κ1) is 26.8. The second kappa shape index (κ2) is 11.4. The van der Waals surface area contributed by atoms with Crippen molar-refractivity contribution in [2.24, 2.45) is 0 Å². The van der Waals surface area contributed by atoms with Crippen LogP contribution in [0.5, 0.6) is 0 Å². The second-order valence-corrected chi connectivity index (χ2v) is 9.40. The molecule has 0 saturated heterocycles. The maximum absolute atomic E-state index is 13.7. The highest BCUT2D eigenvalue weighted by Gasteiger charge is 2.29. The zero-order valence-electron chi connectivity index (χ0n) is 19.3. The van der Waals surface area contributed by atoms with Crippen LogP contribution in [0, 0.1) is 17.5 Å². The Bertz CT molecular complexity index is 1340. The van der Waals surface area contributed by atoms with E-state index in [2.05, 4.69) is 10.6 Å². The first-order valence-corrected chi connectivity index (χ1v) is 12.1. The molecule has 0 aromatic heterocycles. The minimum atomic E-state index is -1.35. The molecule has 3 N–H and O–H groups in total. The van der Waals surface area contributed by atoms with Crippen LogP contribution in [0.3, 0.4) is 0 Å². The van der Waals surface area contributed by atoms with Crippen LogP contribution in [0.2, 0.25) is 10.0 Å². The Hall–Kier alpha value is -3.27. The number of anilines is 1.